The number of nitrogens with two attached hydrogens (primary N) is 1. The number of amides is 1. The van der Waals surface area contributed by atoms with Gasteiger partial charge in [-0.2, -0.15) is 0 Å². The van der Waals surface area contributed by atoms with Crippen LogP contribution in [-0.4, -0.2) is 23.8 Å². The van der Waals surface area contributed by atoms with Gasteiger partial charge in [-0.3, -0.25) is 4.79 Å². The lowest BCUT2D eigenvalue weighted by molar-refractivity contribution is -0.121. The molecule has 3 N–H and O–H groups in total. The van der Waals surface area contributed by atoms with E-state index >= 15 is 0 Å². The molecule has 0 aromatic heterocycles. The lowest BCUT2D eigenvalue weighted by Gasteiger charge is -2.18. The summed E-state index contributed by atoms with van der Waals surface area (Å²) in [4.78, 5) is 21.8. The number of hydrogen-bond acceptors (Lipinski definition) is 3. The van der Waals surface area contributed by atoms with Crippen molar-refractivity contribution in [2.24, 2.45) is 5.73 Å². The molecule has 0 saturated carbocycles. The SMILES string of the molecule is CC(=O)CCCC(=O)NCC(C)(C)N. The summed E-state index contributed by atoms with van der Waals surface area (Å²) in [6, 6.07) is 0. The zero-order valence-corrected chi connectivity index (χ0v) is 9.22. The van der Waals surface area contributed by atoms with Crippen molar-refractivity contribution in [2.75, 3.05) is 6.54 Å². The fourth-order valence-electron chi connectivity index (χ4n) is 0.913. The third-order valence-corrected chi connectivity index (χ3v) is 1.67. The molecule has 0 radical (unpaired) electrons. The third-order valence-electron chi connectivity index (χ3n) is 1.67. The van der Waals surface area contributed by atoms with Crippen LogP contribution < -0.4 is 11.1 Å². The number of rotatable bonds is 6. The van der Waals surface area contributed by atoms with Crippen molar-refractivity contribution in [3.8, 4) is 0 Å². The number of Topliss-reactive ketones (excluding diaryl/α,β-unsaturated/α-hetero) is 1. The van der Waals surface area contributed by atoms with Crippen molar-refractivity contribution in [2.45, 2.75) is 45.6 Å². The van der Waals surface area contributed by atoms with E-state index < -0.39 is 0 Å². The molecule has 1 amide bonds. The first-order valence-corrected chi connectivity index (χ1v) is 4.86. The van der Waals surface area contributed by atoms with Gasteiger partial charge in [-0.15, -0.1) is 0 Å². The minimum atomic E-state index is -0.379. The van der Waals surface area contributed by atoms with E-state index in [4.69, 9.17) is 5.73 Å². The van der Waals surface area contributed by atoms with Crippen LogP contribution in [0.2, 0.25) is 0 Å². The largest absolute Gasteiger partial charge is 0.354 e. The van der Waals surface area contributed by atoms with Gasteiger partial charge >= 0.3 is 0 Å². The zero-order chi connectivity index (χ0) is 11.2. The van der Waals surface area contributed by atoms with Crippen molar-refractivity contribution in [3.05, 3.63) is 0 Å². The van der Waals surface area contributed by atoms with Gasteiger partial charge in [0.25, 0.3) is 0 Å². The molecular formula is C10H20N2O2. The molecule has 4 nitrogen and oxygen atoms in total. The summed E-state index contributed by atoms with van der Waals surface area (Å²) in [5.74, 6) is 0.0849. The Labute approximate surface area is 85.2 Å². The number of carbonyl (C=O) groups excluding carboxylic acids is 2. The Morgan fingerprint density at radius 2 is 1.86 bits per heavy atom. The molecule has 14 heavy (non-hydrogen) atoms. The number of nitrogens with one attached hydrogen (secondary N) is 1. The second-order valence-electron chi connectivity index (χ2n) is 4.32. The van der Waals surface area contributed by atoms with Crippen molar-refractivity contribution < 1.29 is 9.59 Å². The maximum atomic E-state index is 11.2. The van der Waals surface area contributed by atoms with E-state index in [1.54, 1.807) is 0 Å². The number of ketones is 1. The van der Waals surface area contributed by atoms with Gasteiger partial charge in [0, 0.05) is 24.9 Å². The van der Waals surface area contributed by atoms with Crippen LogP contribution in [0.5, 0.6) is 0 Å². The van der Waals surface area contributed by atoms with Gasteiger partial charge in [0.2, 0.25) is 5.91 Å². The Balaban J connectivity index is 3.52. The van der Waals surface area contributed by atoms with Crippen molar-refractivity contribution >= 4 is 11.7 Å². The predicted molar refractivity (Wildman–Crippen MR) is 55.8 cm³/mol. The van der Waals surface area contributed by atoms with Gasteiger partial charge in [-0.25, -0.2) is 0 Å². The summed E-state index contributed by atoms with van der Waals surface area (Å²) in [6.45, 7) is 5.69. The van der Waals surface area contributed by atoms with Crippen LogP contribution in [0.15, 0.2) is 0 Å². The lowest BCUT2D eigenvalue weighted by atomic mass is 10.1. The summed E-state index contributed by atoms with van der Waals surface area (Å²) in [7, 11) is 0. The van der Waals surface area contributed by atoms with Crippen LogP contribution in [0.25, 0.3) is 0 Å². The third kappa shape index (κ3) is 9.19. The van der Waals surface area contributed by atoms with Gasteiger partial charge in [-0.05, 0) is 27.2 Å². The average Bonchev–Trinajstić information content (AvgIpc) is 1.99. The quantitative estimate of drug-likeness (QED) is 0.659. The molecule has 0 rings (SSSR count). The maximum absolute atomic E-state index is 11.2. The highest BCUT2D eigenvalue weighted by atomic mass is 16.1. The van der Waals surface area contributed by atoms with Gasteiger partial charge in [0.15, 0.2) is 0 Å². The second-order valence-corrected chi connectivity index (χ2v) is 4.32. The van der Waals surface area contributed by atoms with E-state index in [1.165, 1.54) is 6.92 Å². The second kappa shape index (κ2) is 5.75. The van der Waals surface area contributed by atoms with Gasteiger partial charge < -0.3 is 15.8 Å². The van der Waals surface area contributed by atoms with Crippen LogP contribution in [0.3, 0.4) is 0 Å². The first-order valence-electron chi connectivity index (χ1n) is 4.86. The van der Waals surface area contributed by atoms with Crippen LogP contribution in [0, 0.1) is 0 Å². The fraction of sp³-hybridized carbons (Fsp3) is 0.800. The van der Waals surface area contributed by atoms with Crippen LogP contribution >= 0.6 is 0 Å². The Morgan fingerprint density at radius 1 is 1.29 bits per heavy atom. The lowest BCUT2D eigenvalue weighted by Crippen LogP contribution is -2.45. The minimum absolute atomic E-state index is 0.0372. The van der Waals surface area contributed by atoms with E-state index in [2.05, 4.69) is 5.32 Å². The van der Waals surface area contributed by atoms with E-state index in [-0.39, 0.29) is 17.2 Å². The molecule has 82 valence electrons. The Hall–Kier alpha value is -0.900. The molecule has 0 aliphatic rings. The molecular weight excluding hydrogens is 180 g/mol. The summed E-state index contributed by atoms with van der Waals surface area (Å²) < 4.78 is 0. The molecule has 0 unspecified atom stereocenters. The highest BCUT2D eigenvalue weighted by molar-refractivity contribution is 5.78. The van der Waals surface area contributed by atoms with Crippen molar-refractivity contribution in [1.29, 1.82) is 0 Å². The monoisotopic (exact) mass is 200 g/mol. The smallest absolute Gasteiger partial charge is 0.220 e. The highest BCUT2D eigenvalue weighted by Gasteiger charge is 2.11. The first-order chi connectivity index (χ1) is 6.31. The number of carbonyl (C=O) groups is 2. The summed E-state index contributed by atoms with van der Waals surface area (Å²) in [6.07, 6.45) is 1.49. The van der Waals surface area contributed by atoms with E-state index in [0.29, 0.717) is 25.8 Å². The van der Waals surface area contributed by atoms with Gasteiger partial charge in [0.1, 0.15) is 5.78 Å². The normalized spacial score (nSPS) is 11.1. The maximum Gasteiger partial charge on any atom is 0.220 e. The van der Waals surface area contributed by atoms with E-state index in [9.17, 15) is 9.59 Å². The average molecular weight is 200 g/mol. The highest BCUT2D eigenvalue weighted by Crippen LogP contribution is 1.97. The standard InChI is InChI=1S/C10H20N2O2/c1-8(13)5-4-6-9(14)12-7-10(2,3)11/h4-7,11H2,1-3H3,(H,12,14). The van der Waals surface area contributed by atoms with E-state index in [1.807, 2.05) is 13.8 Å². The molecule has 0 spiro atoms. The molecule has 0 atom stereocenters. The van der Waals surface area contributed by atoms with Crippen LogP contribution in [-0.2, 0) is 9.59 Å². The molecule has 4 heteroatoms. The summed E-state index contributed by atoms with van der Waals surface area (Å²) >= 11 is 0. The summed E-state index contributed by atoms with van der Waals surface area (Å²) in [5.41, 5.74) is 5.31. The molecule has 0 aromatic rings. The minimum Gasteiger partial charge on any atom is -0.354 e. The zero-order valence-electron chi connectivity index (χ0n) is 9.22. The summed E-state index contributed by atoms with van der Waals surface area (Å²) in [5, 5.41) is 2.72. The van der Waals surface area contributed by atoms with Gasteiger partial charge in [0.05, 0.1) is 0 Å². The topological polar surface area (TPSA) is 72.2 Å². The first kappa shape index (κ1) is 13.1. The van der Waals surface area contributed by atoms with Gasteiger partial charge in [-0.1, -0.05) is 0 Å². The van der Waals surface area contributed by atoms with Crippen molar-refractivity contribution in [1.82, 2.24) is 5.32 Å². The molecule has 0 heterocycles. The Kier molecular flexibility index (Phi) is 5.38. The number of hydrogen-bond donors (Lipinski definition) is 2. The van der Waals surface area contributed by atoms with Crippen LogP contribution in [0.1, 0.15) is 40.0 Å². The molecule has 0 saturated heterocycles. The van der Waals surface area contributed by atoms with E-state index in [0.717, 1.165) is 0 Å². The molecule has 0 bridgehead atoms. The van der Waals surface area contributed by atoms with Crippen LogP contribution in [0.4, 0.5) is 0 Å². The molecule has 0 fully saturated rings. The molecule has 0 aliphatic heterocycles. The van der Waals surface area contributed by atoms with Crippen molar-refractivity contribution in [3.63, 3.8) is 0 Å². The molecule has 0 aliphatic carbocycles. The molecule has 0 aromatic carbocycles. The Morgan fingerprint density at radius 3 is 2.29 bits per heavy atom. The predicted octanol–water partition coefficient (Wildman–Crippen LogP) is 0.599. The Bertz CT molecular complexity index is 207. The fourth-order valence-corrected chi connectivity index (χ4v) is 0.913.